The molecule has 142 valence electrons. The van der Waals surface area contributed by atoms with Crippen LogP contribution in [0.25, 0.3) is 10.9 Å². The van der Waals surface area contributed by atoms with Crippen molar-refractivity contribution in [3.8, 4) is 0 Å². The standard InChI is InChI=1S/C20H16ClN3O4/c21-14-9-13-2-1-7-22-19(13)16(10-14)20(28)24-15-5-3-12(4-6-15)8-17(25)23-11-18(26)27/h1-7,9-10H,8,11H2,(H,23,25)(H,24,28)(H,26,27). The number of carbonyl (C=O) groups is 3. The van der Waals surface area contributed by atoms with Gasteiger partial charge in [-0.05, 0) is 35.9 Å². The summed E-state index contributed by atoms with van der Waals surface area (Å²) < 4.78 is 0. The van der Waals surface area contributed by atoms with Crippen LogP contribution in [0.15, 0.2) is 54.7 Å². The summed E-state index contributed by atoms with van der Waals surface area (Å²) in [5.41, 5.74) is 2.15. The summed E-state index contributed by atoms with van der Waals surface area (Å²) in [7, 11) is 0. The molecule has 1 aromatic heterocycles. The van der Waals surface area contributed by atoms with Crippen LogP contribution < -0.4 is 10.6 Å². The summed E-state index contributed by atoms with van der Waals surface area (Å²) in [5, 5.41) is 14.8. The van der Waals surface area contributed by atoms with Gasteiger partial charge in [-0.25, -0.2) is 0 Å². The molecule has 3 N–H and O–H groups in total. The lowest BCUT2D eigenvalue weighted by molar-refractivity contribution is -0.137. The highest BCUT2D eigenvalue weighted by Crippen LogP contribution is 2.23. The molecule has 3 aromatic rings. The lowest BCUT2D eigenvalue weighted by Crippen LogP contribution is -2.30. The molecule has 0 unspecified atom stereocenters. The second-order valence-corrected chi connectivity index (χ2v) is 6.46. The Bertz CT molecular complexity index is 1050. The topological polar surface area (TPSA) is 108 Å². The van der Waals surface area contributed by atoms with E-state index in [0.29, 0.717) is 27.4 Å². The number of fused-ring (bicyclic) bond motifs is 1. The highest BCUT2D eigenvalue weighted by Gasteiger charge is 2.13. The summed E-state index contributed by atoms with van der Waals surface area (Å²) >= 11 is 6.10. The summed E-state index contributed by atoms with van der Waals surface area (Å²) in [4.78, 5) is 39.0. The number of aromatic nitrogens is 1. The normalized spacial score (nSPS) is 10.5. The average molecular weight is 398 g/mol. The van der Waals surface area contributed by atoms with E-state index in [1.54, 1.807) is 48.7 Å². The van der Waals surface area contributed by atoms with Crippen LogP contribution in [0.3, 0.4) is 0 Å². The second-order valence-electron chi connectivity index (χ2n) is 6.03. The molecule has 0 saturated carbocycles. The van der Waals surface area contributed by atoms with Crippen molar-refractivity contribution in [3.63, 3.8) is 0 Å². The quantitative estimate of drug-likeness (QED) is 0.592. The van der Waals surface area contributed by atoms with E-state index in [4.69, 9.17) is 16.7 Å². The number of amides is 2. The molecule has 0 aliphatic heterocycles. The summed E-state index contributed by atoms with van der Waals surface area (Å²) in [6, 6.07) is 13.6. The highest BCUT2D eigenvalue weighted by atomic mass is 35.5. The Morgan fingerprint density at radius 2 is 1.82 bits per heavy atom. The maximum atomic E-state index is 12.7. The van der Waals surface area contributed by atoms with E-state index in [1.807, 2.05) is 6.07 Å². The summed E-state index contributed by atoms with van der Waals surface area (Å²) in [5.74, 6) is -1.84. The number of aliphatic carboxylic acids is 1. The lowest BCUT2D eigenvalue weighted by atomic mass is 10.1. The van der Waals surface area contributed by atoms with E-state index in [9.17, 15) is 14.4 Å². The molecule has 8 heteroatoms. The van der Waals surface area contributed by atoms with E-state index in [-0.39, 0.29) is 12.3 Å². The first kappa shape index (κ1) is 19.3. The van der Waals surface area contributed by atoms with E-state index < -0.39 is 18.4 Å². The predicted molar refractivity (Wildman–Crippen MR) is 105 cm³/mol. The van der Waals surface area contributed by atoms with E-state index in [1.165, 1.54) is 0 Å². The molecule has 0 bridgehead atoms. The van der Waals surface area contributed by atoms with Crippen LogP contribution in [0.5, 0.6) is 0 Å². The van der Waals surface area contributed by atoms with Gasteiger partial charge in [0.15, 0.2) is 0 Å². The van der Waals surface area contributed by atoms with Crippen molar-refractivity contribution in [2.24, 2.45) is 0 Å². The number of rotatable bonds is 6. The largest absolute Gasteiger partial charge is 0.480 e. The lowest BCUT2D eigenvalue weighted by Gasteiger charge is -2.09. The van der Waals surface area contributed by atoms with Crippen molar-refractivity contribution >= 4 is 46.0 Å². The fourth-order valence-corrected chi connectivity index (χ4v) is 2.88. The van der Waals surface area contributed by atoms with Crippen LogP contribution in [0, 0.1) is 0 Å². The van der Waals surface area contributed by atoms with Gasteiger partial charge in [-0.3, -0.25) is 19.4 Å². The number of benzene rings is 2. The third-order valence-corrected chi connectivity index (χ3v) is 4.15. The van der Waals surface area contributed by atoms with Crippen LogP contribution >= 0.6 is 11.6 Å². The van der Waals surface area contributed by atoms with Crippen molar-refractivity contribution < 1.29 is 19.5 Å². The zero-order valence-corrected chi connectivity index (χ0v) is 15.4. The molecule has 7 nitrogen and oxygen atoms in total. The molecular formula is C20H16ClN3O4. The molecule has 0 fully saturated rings. The van der Waals surface area contributed by atoms with Gasteiger partial charge >= 0.3 is 5.97 Å². The minimum absolute atomic E-state index is 0.0460. The van der Waals surface area contributed by atoms with E-state index in [0.717, 1.165) is 5.39 Å². The Morgan fingerprint density at radius 3 is 2.54 bits per heavy atom. The Hall–Kier alpha value is -3.45. The number of nitrogens with one attached hydrogen (secondary N) is 2. The van der Waals surface area contributed by atoms with Gasteiger partial charge in [0.2, 0.25) is 5.91 Å². The number of hydrogen-bond donors (Lipinski definition) is 3. The van der Waals surface area contributed by atoms with Gasteiger partial charge < -0.3 is 15.7 Å². The molecule has 2 amide bonds. The Balaban J connectivity index is 1.70. The fraction of sp³-hybridized carbons (Fsp3) is 0.100. The van der Waals surface area contributed by atoms with Crippen LogP contribution in [0.1, 0.15) is 15.9 Å². The van der Waals surface area contributed by atoms with Gasteiger partial charge in [0, 0.05) is 22.3 Å². The molecule has 3 rings (SSSR count). The number of carboxylic acid groups (broad SMARTS) is 1. The molecule has 0 spiro atoms. The number of nitrogens with zero attached hydrogens (tertiary/aromatic N) is 1. The molecule has 2 aromatic carbocycles. The first-order valence-electron chi connectivity index (χ1n) is 8.35. The van der Waals surface area contributed by atoms with Gasteiger partial charge in [-0.2, -0.15) is 0 Å². The zero-order valence-electron chi connectivity index (χ0n) is 14.6. The Morgan fingerprint density at radius 1 is 1.07 bits per heavy atom. The molecule has 0 aliphatic rings. The van der Waals surface area contributed by atoms with Gasteiger partial charge in [0.25, 0.3) is 5.91 Å². The van der Waals surface area contributed by atoms with Crippen LogP contribution in [0.2, 0.25) is 5.02 Å². The smallest absolute Gasteiger partial charge is 0.322 e. The number of anilines is 1. The third kappa shape index (κ3) is 4.83. The summed E-state index contributed by atoms with van der Waals surface area (Å²) in [6.07, 6.45) is 1.65. The molecular weight excluding hydrogens is 382 g/mol. The van der Waals surface area contributed by atoms with Gasteiger partial charge in [-0.1, -0.05) is 29.8 Å². The van der Waals surface area contributed by atoms with Gasteiger partial charge in [-0.15, -0.1) is 0 Å². The predicted octanol–water partition coefficient (Wildman–Crippen LogP) is 2.88. The van der Waals surface area contributed by atoms with Crippen molar-refractivity contribution in [1.29, 1.82) is 0 Å². The maximum absolute atomic E-state index is 12.7. The molecule has 0 radical (unpaired) electrons. The first-order chi connectivity index (χ1) is 13.4. The fourth-order valence-electron chi connectivity index (χ4n) is 2.66. The molecule has 0 atom stereocenters. The zero-order chi connectivity index (χ0) is 20.1. The Kier molecular flexibility index (Phi) is 5.86. The van der Waals surface area contributed by atoms with Crippen molar-refractivity contribution in [2.45, 2.75) is 6.42 Å². The van der Waals surface area contributed by atoms with Gasteiger partial charge in [0.1, 0.15) is 6.54 Å². The van der Waals surface area contributed by atoms with Crippen LogP contribution in [-0.4, -0.2) is 34.4 Å². The average Bonchev–Trinajstić information content (AvgIpc) is 2.67. The molecule has 1 heterocycles. The number of hydrogen-bond acceptors (Lipinski definition) is 4. The minimum Gasteiger partial charge on any atom is -0.480 e. The highest BCUT2D eigenvalue weighted by molar-refractivity contribution is 6.32. The third-order valence-electron chi connectivity index (χ3n) is 3.93. The van der Waals surface area contributed by atoms with E-state index in [2.05, 4.69) is 15.6 Å². The number of carbonyl (C=O) groups excluding carboxylic acids is 2. The van der Waals surface area contributed by atoms with Crippen LogP contribution in [-0.2, 0) is 16.0 Å². The van der Waals surface area contributed by atoms with Crippen LogP contribution in [0.4, 0.5) is 5.69 Å². The first-order valence-corrected chi connectivity index (χ1v) is 8.73. The minimum atomic E-state index is -1.10. The molecule has 0 aliphatic carbocycles. The molecule has 28 heavy (non-hydrogen) atoms. The van der Waals surface area contributed by atoms with Gasteiger partial charge in [0.05, 0.1) is 17.5 Å². The van der Waals surface area contributed by atoms with Crippen molar-refractivity contribution in [2.75, 3.05) is 11.9 Å². The maximum Gasteiger partial charge on any atom is 0.322 e. The monoisotopic (exact) mass is 397 g/mol. The second kappa shape index (κ2) is 8.49. The number of pyridine rings is 1. The summed E-state index contributed by atoms with van der Waals surface area (Å²) in [6.45, 7) is -0.422. The van der Waals surface area contributed by atoms with Crippen molar-refractivity contribution in [1.82, 2.24) is 10.3 Å². The number of halogens is 1. The number of carboxylic acids is 1. The van der Waals surface area contributed by atoms with Crippen molar-refractivity contribution in [3.05, 3.63) is 70.9 Å². The SMILES string of the molecule is O=C(O)CNC(=O)Cc1ccc(NC(=O)c2cc(Cl)cc3cccnc23)cc1. The van der Waals surface area contributed by atoms with E-state index >= 15 is 0 Å². The molecule has 0 saturated heterocycles. The Labute approximate surface area is 165 Å².